The van der Waals surface area contributed by atoms with Gasteiger partial charge in [0.15, 0.2) is 17.3 Å². The lowest BCUT2D eigenvalue weighted by molar-refractivity contribution is 0.0684. The smallest absolute Gasteiger partial charge is 0.274 e. The van der Waals surface area contributed by atoms with Gasteiger partial charge in [0.2, 0.25) is 0 Å². The van der Waals surface area contributed by atoms with Gasteiger partial charge >= 0.3 is 0 Å². The number of aromatic nitrogens is 2. The highest BCUT2D eigenvalue weighted by Crippen LogP contribution is 2.29. The number of carbonyl (C=O) groups excluding carboxylic acids is 1. The van der Waals surface area contributed by atoms with Crippen LogP contribution in [0, 0.1) is 11.6 Å². The molecule has 1 aliphatic carbocycles. The number of benzene rings is 1. The van der Waals surface area contributed by atoms with Gasteiger partial charge in [-0.3, -0.25) is 4.79 Å². The Hall–Kier alpha value is -1.99. The Bertz CT molecular complexity index is 864. The van der Waals surface area contributed by atoms with Crippen molar-refractivity contribution in [3.8, 4) is 5.69 Å². The average molecular weight is 411 g/mol. The second-order valence-electron chi connectivity index (χ2n) is 7.28. The van der Waals surface area contributed by atoms with Crippen LogP contribution in [0.2, 0.25) is 0 Å². The summed E-state index contributed by atoms with van der Waals surface area (Å²) in [7, 11) is 0. The standard InChI is InChI=1S/C20H24F2N4O.ClH/c1-2-10-25(14-8-9-23-12-14)20(27)19-15-4-3-5-18(15)26(24-19)13-6-7-16(21)17(22)11-13;/h6-7,11,14,23H,2-5,8-10,12H2,1H3;1H. The molecule has 1 unspecified atom stereocenters. The SMILES string of the molecule is CCCN(C(=O)c1nn(-c2ccc(F)c(F)c2)c2c1CCC2)C1CCNC1.Cl. The zero-order valence-electron chi connectivity index (χ0n) is 15.9. The Morgan fingerprint density at radius 1 is 1.32 bits per heavy atom. The van der Waals surface area contributed by atoms with E-state index in [4.69, 9.17) is 0 Å². The zero-order chi connectivity index (χ0) is 19.0. The van der Waals surface area contributed by atoms with Crippen molar-refractivity contribution >= 4 is 18.3 Å². The van der Waals surface area contributed by atoms with Crippen LogP contribution in [0.25, 0.3) is 5.69 Å². The average Bonchev–Trinajstić information content (AvgIpc) is 3.39. The minimum atomic E-state index is -0.910. The molecule has 1 amide bonds. The second kappa shape index (κ2) is 8.57. The predicted molar refractivity (Wildman–Crippen MR) is 105 cm³/mol. The quantitative estimate of drug-likeness (QED) is 0.823. The van der Waals surface area contributed by atoms with Crippen LogP contribution in [0.1, 0.15) is 47.9 Å². The van der Waals surface area contributed by atoms with Crippen molar-refractivity contribution in [3.63, 3.8) is 0 Å². The summed E-state index contributed by atoms with van der Waals surface area (Å²) in [5, 5.41) is 7.88. The number of carbonyl (C=O) groups is 1. The molecule has 2 heterocycles. The summed E-state index contributed by atoms with van der Waals surface area (Å²) in [6, 6.07) is 3.92. The van der Waals surface area contributed by atoms with E-state index in [0.717, 1.165) is 68.6 Å². The van der Waals surface area contributed by atoms with Crippen molar-refractivity contribution < 1.29 is 13.6 Å². The minimum absolute atomic E-state index is 0. The van der Waals surface area contributed by atoms with Gasteiger partial charge in [0.25, 0.3) is 5.91 Å². The number of fused-ring (bicyclic) bond motifs is 1. The molecular weight excluding hydrogens is 386 g/mol. The topological polar surface area (TPSA) is 50.2 Å². The maximum absolute atomic E-state index is 13.7. The highest BCUT2D eigenvalue weighted by Gasteiger charge is 2.33. The third-order valence-corrected chi connectivity index (χ3v) is 5.48. The zero-order valence-corrected chi connectivity index (χ0v) is 16.7. The van der Waals surface area contributed by atoms with Crippen LogP contribution < -0.4 is 5.32 Å². The van der Waals surface area contributed by atoms with Crippen molar-refractivity contribution in [3.05, 3.63) is 46.8 Å². The fraction of sp³-hybridized carbons (Fsp3) is 0.500. The molecule has 1 aliphatic heterocycles. The lowest BCUT2D eigenvalue weighted by Gasteiger charge is -2.27. The first-order valence-electron chi connectivity index (χ1n) is 9.68. The Kier molecular flexibility index (Phi) is 6.35. The molecule has 5 nitrogen and oxygen atoms in total. The Morgan fingerprint density at radius 2 is 2.14 bits per heavy atom. The fourth-order valence-electron chi connectivity index (χ4n) is 4.17. The third-order valence-electron chi connectivity index (χ3n) is 5.48. The molecule has 2 aliphatic rings. The minimum Gasteiger partial charge on any atom is -0.333 e. The lowest BCUT2D eigenvalue weighted by atomic mass is 10.1. The Labute approximate surface area is 169 Å². The molecule has 0 radical (unpaired) electrons. The van der Waals surface area contributed by atoms with Gasteiger partial charge in [0.1, 0.15) is 0 Å². The molecule has 4 rings (SSSR count). The number of nitrogens with zero attached hydrogens (tertiary/aromatic N) is 3. The molecule has 0 spiro atoms. The van der Waals surface area contributed by atoms with Crippen LogP contribution in [-0.2, 0) is 12.8 Å². The molecule has 0 saturated carbocycles. The molecule has 1 aromatic heterocycles. The van der Waals surface area contributed by atoms with E-state index in [9.17, 15) is 13.6 Å². The first-order valence-corrected chi connectivity index (χ1v) is 9.68. The summed E-state index contributed by atoms with van der Waals surface area (Å²) < 4.78 is 28.7. The molecule has 2 aromatic rings. The predicted octanol–water partition coefficient (Wildman–Crippen LogP) is 3.28. The molecular formula is C20H25ClF2N4O. The van der Waals surface area contributed by atoms with Gasteiger partial charge in [0.05, 0.1) is 5.69 Å². The first-order chi connectivity index (χ1) is 13.1. The summed E-state index contributed by atoms with van der Waals surface area (Å²) in [6.45, 7) is 4.47. The highest BCUT2D eigenvalue weighted by atomic mass is 35.5. The van der Waals surface area contributed by atoms with Gasteiger partial charge in [-0.15, -0.1) is 12.4 Å². The molecule has 8 heteroatoms. The van der Waals surface area contributed by atoms with E-state index in [1.54, 1.807) is 4.68 Å². The van der Waals surface area contributed by atoms with Crippen LogP contribution >= 0.6 is 12.4 Å². The molecule has 1 atom stereocenters. The fourth-order valence-corrected chi connectivity index (χ4v) is 4.17. The van der Waals surface area contributed by atoms with Crippen molar-refractivity contribution in [1.82, 2.24) is 20.0 Å². The monoisotopic (exact) mass is 410 g/mol. The number of nitrogens with one attached hydrogen (secondary N) is 1. The molecule has 0 bridgehead atoms. The maximum Gasteiger partial charge on any atom is 0.274 e. The van der Waals surface area contributed by atoms with E-state index < -0.39 is 11.6 Å². The largest absolute Gasteiger partial charge is 0.333 e. The molecule has 1 saturated heterocycles. The van der Waals surface area contributed by atoms with Gasteiger partial charge in [0, 0.05) is 36.5 Å². The van der Waals surface area contributed by atoms with E-state index >= 15 is 0 Å². The van der Waals surface area contributed by atoms with E-state index in [0.29, 0.717) is 17.9 Å². The summed E-state index contributed by atoms with van der Waals surface area (Å²) in [5.74, 6) is -1.85. The van der Waals surface area contributed by atoms with Gasteiger partial charge in [-0.2, -0.15) is 5.10 Å². The van der Waals surface area contributed by atoms with Crippen LogP contribution in [0.5, 0.6) is 0 Å². The third kappa shape index (κ3) is 3.65. The van der Waals surface area contributed by atoms with Crippen LogP contribution in [0.4, 0.5) is 8.78 Å². The highest BCUT2D eigenvalue weighted by molar-refractivity contribution is 5.94. The second-order valence-corrected chi connectivity index (χ2v) is 7.28. The molecule has 1 fully saturated rings. The maximum atomic E-state index is 13.7. The number of hydrogen-bond acceptors (Lipinski definition) is 3. The summed E-state index contributed by atoms with van der Waals surface area (Å²) in [4.78, 5) is 15.3. The van der Waals surface area contributed by atoms with E-state index in [1.165, 1.54) is 6.07 Å². The van der Waals surface area contributed by atoms with Crippen molar-refractivity contribution in [2.75, 3.05) is 19.6 Å². The number of halogens is 3. The summed E-state index contributed by atoms with van der Waals surface area (Å²) in [5.41, 5.74) is 2.81. The van der Waals surface area contributed by atoms with Gasteiger partial charge in [-0.05, 0) is 50.8 Å². The Morgan fingerprint density at radius 3 is 2.82 bits per heavy atom. The molecule has 1 aromatic carbocycles. The van der Waals surface area contributed by atoms with Crippen LogP contribution in [0.15, 0.2) is 18.2 Å². The number of amides is 1. The van der Waals surface area contributed by atoms with Crippen LogP contribution in [-0.4, -0.2) is 46.3 Å². The van der Waals surface area contributed by atoms with Crippen molar-refractivity contribution in [2.45, 2.75) is 45.1 Å². The summed E-state index contributed by atoms with van der Waals surface area (Å²) >= 11 is 0. The van der Waals surface area contributed by atoms with Gasteiger partial charge < -0.3 is 10.2 Å². The van der Waals surface area contributed by atoms with Gasteiger partial charge in [-0.1, -0.05) is 6.92 Å². The first kappa shape index (κ1) is 20.7. The van der Waals surface area contributed by atoms with E-state index in [-0.39, 0.29) is 24.4 Å². The van der Waals surface area contributed by atoms with Crippen LogP contribution in [0.3, 0.4) is 0 Å². The molecule has 1 N–H and O–H groups in total. The van der Waals surface area contributed by atoms with Gasteiger partial charge in [-0.25, -0.2) is 13.5 Å². The Balaban J connectivity index is 0.00000225. The normalized spacial score (nSPS) is 18.0. The molecule has 28 heavy (non-hydrogen) atoms. The number of rotatable bonds is 5. The van der Waals surface area contributed by atoms with E-state index in [2.05, 4.69) is 17.3 Å². The lowest BCUT2D eigenvalue weighted by Crippen LogP contribution is -2.42. The summed E-state index contributed by atoms with van der Waals surface area (Å²) in [6.07, 6.45) is 4.35. The van der Waals surface area contributed by atoms with E-state index in [1.807, 2.05) is 4.90 Å². The van der Waals surface area contributed by atoms with Crippen molar-refractivity contribution in [1.29, 1.82) is 0 Å². The number of hydrogen-bond donors (Lipinski definition) is 1. The molecule has 152 valence electrons. The van der Waals surface area contributed by atoms with Crippen molar-refractivity contribution in [2.24, 2.45) is 0 Å².